The number of carbonyl (C=O) groups excluding carboxylic acids is 2. The largest absolute Gasteiger partial charge is 0.450 e. The lowest BCUT2D eigenvalue weighted by Gasteiger charge is -2.26. The maximum atomic E-state index is 12.8. The number of anilines is 1. The second kappa shape index (κ2) is 9.79. The lowest BCUT2D eigenvalue weighted by Crippen LogP contribution is -2.35. The molecule has 0 fully saturated rings. The van der Waals surface area contributed by atoms with Crippen LogP contribution in [0.15, 0.2) is 60.7 Å². The van der Waals surface area contributed by atoms with Gasteiger partial charge in [0.1, 0.15) is 10.0 Å². The fourth-order valence-corrected chi connectivity index (χ4v) is 6.33. The van der Waals surface area contributed by atoms with Crippen molar-refractivity contribution in [1.82, 2.24) is 9.88 Å². The normalized spacial score (nSPS) is 13.3. The van der Waals surface area contributed by atoms with E-state index in [2.05, 4.69) is 11.4 Å². The number of carbonyl (C=O) groups is 2. The minimum atomic E-state index is -0.306. The molecule has 1 aliphatic rings. The predicted octanol–water partition coefficient (Wildman–Crippen LogP) is 6.19. The number of hydrogen-bond acceptors (Lipinski definition) is 6. The molecular formula is C26H23N3O3S2. The number of benzene rings is 2. The molecule has 8 heteroatoms. The van der Waals surface area contributed by atoms with Crippen LogP contribution >= 0.6 is 22.7 Å². The highest BCUT2D eigenvalue weighted by Gasteiger charge is 2.29. The number of hydrogen-bond donors (Lipinski definition) is 1. The van der Waals surface area contributed by atoms with Crippen molar-refractivity contribution >= 4 is 56.0 Å². The number of fused-ring (bicyclic) bond motifs is 2. The second-order valence-electron chi connectivity index (χ2n) is 7.80. The Morgan fingerprint density at radius 2 is 1.91 bits per heavy atom. The maximum Gasteiger partial charge on any atom is 0.410 e. The van der Waals surface area contributed by atoms with E-state index in [0.29, 0.717) is 26.1 Å². The van der Waals surface area contributed by atoms with Gasteiger partial charge < -0.3 is 15.0 Å². The first-order valence-electron chi connectivity index (χ1n) is 11.1. The lowest BCUT2D eigenvalue weighted by atomic mass is 10.0. The summed E-state index contributed by atoms with van der Waals surface area (Å²) in [5.74, 6) is -0.202. The number of nitrogens with zero attached hydrogens (tertiary/aromatic N) is 2. The van der Waals surface area contributed by atoms with Crippen LogP contribution in [0.25, 0.3) is 26.9 Å². The summed E-state index contributed by atoms with van der Waals surface area (Å²) in [6, 6.07) is 17.7. The third kappa shape index (κ3) is 4.60. The van der Waals surface area contributed by atoms with Crippen LogP contribution in [0.2, 0.25) is 0 Å². The molecule has 34 heavy (non-hydrogen) atoms. The third-order valence-electron chi connectivity index (χ3n) is 5.55. The van der Waals surface area contributed by atoms with Crippen molar-refractivity contribution in [3.63, 3.8) is 0 Å². The summed E-state index contributed by atoms with van der Waals surface area (Å²) in [7, 11) is 0. The fraction of sp³-hybridized carbons (Fsp3) is 0.192. The first-order valence-corrected chi connectivity index (χ1v) is 12.7. The summed E-state index contributed by atoms with van der Waals surface area (Å²) in [5.41, 5.74) is 4.00. The average Bonchev–Trinajstić information content (AvgIpc) is 3.43. The van der Waals surface area contributed by atoms with Crippen molar-refractivity contribution in [2.24, 2.45) is 0 Å². The monoisotopic (exact) mass is 489 g/mol. The first-order chi connectivity index (χ1) is 16.6. The van der Waals surface area contributed by atoms with Crippen molar-refractivity contribution < 1.29 is 14.3 Å². The Morgan fingerprint density at radius 1 is 1.12 bits per heavy atom. The molecule has 0 radical (unpaired) electrons. The highest BCUT2D eigenvalue weighted by Crippen LogP contribution is 2.45. The van der Waals surface area contributed by atoms with E-state index in [4.69, 9.17) is 9.72 Å². The highest BCUT2D eigenvalue weighted by molar-refractivity contribution is 7.23. The van der Waals surface area contributed by atoms with Gasteiger partial charge in [-0.2, -0.15) is 0 Å². The van der Waals surface area contributed by atoms with E-state index in [1.165, 1.54) is 11.3 Å². The van der Waals surface area contributed by atoms with Crippen LogP contribution in [0.1, 0.15) is 22.9 Å². The number of aromatic nitrogens is 1. The highest BCUT2D eigenvalue weighted by atomic mass is 32.1. The van der Waals surface area contributed by atoms with Crippen molar-refractivity contribution in [3.05, 3.63) is 76.7 Å². The Labute approximate surface area is 205 Å². The smallest absolute Gasteiger partial charge is 0.410 e. The molecule has 2 aromatic carbocycles. The van der Waals surface area contributed by atoms with Gasteiger partial charge in [-0.3, -0.25) is 4.79 Å². The van der Waals surface area contributed by atoms with Crippen molar-refractivity contribution in [2.75, 3.05) is 18.5 Å². The van der Waals surface area contributed by atoms with Crippen molar-refractivity contribution in [1.29, 1.82) is 0 Å². The van der Waals surface area contributed by atoms with E-state index >= 15 is 0 Å². The third-order valence-corrected chi connectivity index (χ3v) is 7.74. The van der Waals surface area contributed by atoms with Gasteiger partial charge in [-0.15, -0.1) is 22.7 Å². The molecule has 1 aliphatic heterocycles. The second-order valence-corrected chi connectivity index (χ2v) is 9.93. The summed E-state index contributed by atoms with van der Waals surface area (Å²) >= 11 is 3.12. The van der Waals surface area contributed by atoms with Gasteiger partial charge in [0.05, 0.1) is 23.4 Å². The molecule has 0 saturated carbocycles. The van der Waals surface area contributed by atoms with E-state index in [-0.39, 0.29) is 12.0 Å². The molecule has 2 amide bonds. The van der Waals surface area contributed by atoms with E-state index in [1.54, 1.807) is 35.3 Å². The van der Waals surface area contributed by atoms with Crippen LogP contribution in [-0.2, 0) is 22.5 Å². The maximum absolute atomic E-state index is 12.8. The molecule has 2 aromatic heterocycles. The zero-order chi connectivity index (χ0) is 23.5. The summed E-state index contributed by atoms with van der Waals surface area (Å²) in [6.07, 6.45) is 3.72. The molecule has 0 aliphatic carbocycles. The molecule has 5 rings (SSSR count). The number of ether oxygens (including phenoxy) is 1. The first kappa shape index (κ1) is 22.3. The SMILES string of the molecule is CCOC(=O)N1CCc2c(sc(NC(=O)/C=C/c3ccccc3)c2-c2nc3ccccc3s2)C1. The van der Waals surface area contributed by atoms with Gasteiger partial charge >= 0.3 is 6.09 Å². The van der Waals surface area contributed by atoms with Crippen LogP contribution in [-0.4, -0.2) is 35.0 Å². The van der Waals surface area contributed by atoms with Crippen LogP contribution in [0.5, 0.6) is 0 Å². The topological polar surface area (TPSA) is 71.5 Å². The average molecular weight is 490 g/mol. The van der Waals surface area contributed by atoms with Gasteiger partial charge in [-0.05, 0) is 42.7 Å². The Kier molecular flexibility index (Phi) is 6.42. The predicted molar refractivity (Wildman–Crippen MR) is 138 cm³/mol. The Bertz CT molecular complexity index is 1340. The summed E-state index contributed by atoms with van der Waals surface area (Å²) in [4.78, 5) is 32.7. The number of amides is 2. The fourth-order valence-electron chi connectivity index (χ4n) is 3.96. The number of rotatable bonds is 5. The van der Waals surface area contributed by atoms with Crippen LogP contribution in [0.3, 0.4) is 0 Å². The molecule has 0 unspecified atom stereocenters. The number of thiazole rings is 1. The molecule has 4 aromatic rings. The molecular weight excluding hydrogens is 466 g/mol. The zero-order valence-electron chi connectivity index (χ0n) is 18.6. The molecule has 3 heterocycles. The van der Waals surface area contributed by atoms with Gasteiger partial charge in [0.2, 0.25) is 5.91 Å². The Balaban J connectivity index is 1.49. The van der Waals surface area contributed by atoms with Crippen LogP contribution in [0, 0.1) is 0 Å². The molecule has 6 nitrogen and oxygen atoms in total. The Morgan fingerprint density at radius 3 is 2.71 bits per heavy atom. The zero-order valence-corrected chi connectivity index (χ0v) is 20.2. The molecule has 0 atom stereocenters. The minimum Gasteiger partial charge on any atom is -0.450 e. The van der Waals surface area contributed by atoms with Gasteiger partial charge in [-0.1, -0.05) is 42.5 Å². The van der Waals surface area contributed by atoms with Crippen molar-refractivity contribution in [2.45, 2.75) is 19.9 Å². The molecule has 172 valence electrons. The van der Waals surface area contributed by atoms with E-state index in [9.17, 15) is 9.59 Å². The summed E-state index contributed by atoms with van der Waals surface area (Å²) < 4.78 is 6.30. The molecule has 0 spiro atoms. The number of para-hydroxylation sites is 1. The molecule has 0 bridgehead atoms. The standard InChI is InChI=1S/C26H23N3O3S2/c1-2-32-26(31)29-15-14-18-21(16-29)34-25(28-22(30)13-12-17-8-4-3-5-9-17)23(18)24-27-19-10-6-7-11-20(19)33-24/h3-13H,2,14-16H2,1H3,(H,28,30)/b13-12+. The van der Waals surface area contributed by atoms with Crippen molar-refractivity contribution in [3.8, 4) is 10.6 Å². The van der Waals surface area contributed by atoms with E-state index in [0.717, 1.165) is 41.8 Å². The van der Waals surface area contributed by atoms with Crippen LogP contribution < -0.4 is 5.32 Å². The number of nitrogens with one attached hydrogen (secondary N) is 1. The number of thiophene rings is 1. The van der Waals surface area contributed by atoms with E-state index < -0.39 is 0 Å². The molecule has 1 N–H and O–H groups in total. The molecule has 0 saturated heterocycles. The van der Waals surface area contributed by atoms with Gasteiger partial charge in [-0.25, -0.2) is 9.78 Å². The van der Waals surface area contributed by atoms with E-state index in [1.807, 2.05) is 48.5 Å². The Hall–Kier alpha value is -3.49. The van der Waals surface area contributed by atoms with Gasteiger partial charge in [0.15, 0.2) is 0 Å². The lowest BCUT2D eigenvalue weighted by molar-refractivity contribution is -0.111. The minimum absolute atomic E-state index is 0.202. The summed E-state index contributed by atoms with van der Waals surface area (Å²) in [5, 5.41) is 4.72. The van der Waals surface area contributed by atoms with Gasteiger partial charge in [0.25, 0.3) is 0 Å². The van der Waals surface area contributed by atoms with Gasteiger partial charge in [0, 0.05) is 23.1 Å². The summed E-state index contributed by atoms with van der Waals surface area (Å²) in [6.45, 7) is 3.19. The van der Waals surface area contributed by atoms with Crippen LogP contribution in [0.4, 0.5) is 9.80 Å². The quantitative estimate of drug-likeness (QED) is 0.339.